The van der Waals surface area contributed by atoms with Crippen LogP contribution in [0.5, 0.6) is 0 Å². The molecule has 0 bridgehead atoms. The fourth-order valence-corrected chi connectivity index (χ4v) is 4.63. The number of ether oxygens (including phenoxy) is 1. The number of nitrogens with zero attached hydrogens (tertiary/aromatic N) is 2. The highest BCUT2D eigenvalue weighted by molar-refractivity contribution is 6.36. The Morgan fingerprint density at radius 3 is 2.30 bits per heavy atom. The van der Waals surface area contributed by atoms with Gasteiger partial charge in [-0.05, 0) is 53.9 Å². The van der Waals surface area contributed by atoms with Crippen molar-refractivity contribution in [2.24, 2.45) is 0 Å². The van der Waals surface area contributed by atoms with E-state index in [0.29, 0.717) is 45.5 Å². The van der Waals surface area contributed by atoms with Crippen LogP contribution >= 0.6 is 23.2 Å². The lowest BCUT2D eigenvalue weighted by Gasteiger charge is -2.11. The highest BCUT2D eigenvalue weighted by Gasteiger charge is 2.30. The molecule has 1 heterocycles. The Balaban J connectivity index is 0.00000162. The summed E-state index contributed by atoms with van der Waals surface area (Å²) in [7, 11) is 1.00. The van der Waals surface area contributed by atoms with Crippen LogP contribution in [0.3, 0.4) is 0 Å². The average molecular weight is 648 g/mol. The Bertz CT molecular complexity index is 1550. The van der Waals surface area contributed by atoms with Gasteiger partial charge < -0.3 is 19.2 Å². The molecule has 0 atom stereocenters. The molecule has 0 amide bonds. The third-order valence-electron chi connectivity index (χ3n) is 6.08. The fourth-order valence-electron chi connectivity index (χ4n) is 4.13. The number of rotatable bonds is 10. The zero-order valence-electron chi connectivity index (χ0n) is 24.9. The molecule has 0 spiro atoms. The van der Waals surface area contributed by atoms with E-state index in [1.165, 1.54) is 6.07 Å². The van der Waals surface area contributed by atoms with Crippen LogP contribution in [0.4, 0.5) is 13.2 Å². The first kappa shape index (κ1) is 36.5. The van der Waals surface area contributed by atoms with Crippen LogP contribution in [0.25, 0.3) is 28.0 Å². The molecule has 44 heavy (non-hydrogen) atoms. The molecule has 234 valence electrons. The van der Waals surface area contributed by atoms with Crippen molar-refractivity contribution in [1.82, 2.24) is 9.55 Å². The number of aldehydes is 1. The van der Waals surface area contributed by atoms with Gasteiger partial charge in [0, 0.05) is 36.0 Å². The van der Waals surface area contributed by atoms with Gasteiger partial charge in [-0.1, -0.05) is 91.7 Å². The number of aromatic nitrogens is 2. The molecule has 10 heteroatoms. The van der Waals surface area contributed by atoms with E-state index in [0.717, 1.165) is 35.9 Å². The Labute approximate surface area is 266 Å². The summed E-state index contributed by atoms with van der Waals surface area (Å²) in [4.78, 5) is 15.4. The molecule has 0 aliphatic carbocycles. The largest absolute Gasteiger partial charge is 0.416 e. The Kier molecular flexibility index (Phi) is 15.1. The van der Waals surface area contributed by atoms with Gasteiger partial charge in [0.15, 0.2) is 0 Å². The Hall–Kier alpha value is -3.69. The van der Waals surface area contributed by atoms with E-state index < -0.39 is 11.7 Å². The second-order valence-corrected chi connectivity index (χ2v) is 9.67. The van der Waals surface area contributed by atoms with E-state index in [1.807, 2.05) is 61.9 Å². The quantitative estimate of drug-likeness (QED) is 0.106. The summed E-state index contributed by atoms with van der Waals surface area (Å²) in [5, 5.41) is 7.98. The average Bonchev–Trinajstić information content (AvgIpc) is 3.44. The van der Waals surface area contributed by atoms with Crippen molar-refractivity contribution < 1.29 is 27.8 Å². The van der Waals surface area contributed by atoms with Crippen LogP contribution in [0, 0.1) is 0 Å². The molecule has 0 saturated carbocycles. The third-order valence-corrected chi connectivity index (χ3v) is 6.63. The van der Waals surface area contributed by atoms with Crippen molar-refractivity contribution in [2.75, 3.05) is 20.3 Å². The summed E-state index contributed by atoms with van der Waals surface area (Å²) in [6.07, 6.45) is 3.77. The lowest BCUT2D eigenvalue weighted by molar-refractivity contribution is -0.137. The molecule has 0 aliphatic rings. The topological polar surface area (TPSA) is 64.3 Å². The Morgan fingerprint density at radius 2 is 1.68 bits per heavy atom. The minimum Gasteiger partial charge on any atom is -0.400 e. The molecule has 0 saturated heterocycles. The smallest absolute Gasteiger partial charge is 0.400 e. The number of imidazole rings is 1. The number of hydrogen-bond donors (Lipinski definition) is 1. The maximum Gasteiger partial charge on any atom is 0.416 e. The van der Waals surface area contributed by atoms with Crippen LogP contribution in [0.1, 0.15) is 37.7 Å². The fraction of sp³-hybridized carbons (Fsp3) is 0.235. The molecule has 5 nitrogen and oxygen atoms in total. The van der Waals surface area contributed by atoms with Gasteiger partial charge in [0.2, 0.25) is 0 Å². The SMILES string of the molecule is C/C=C(\C=C/COCC=O)c1nc(-c2ccc(Cl)cc2Cl)cn1Cc1ccc(-c2cccc(C(F)(F)F)c2)cc1.CC.CO. The summed E-state index contributed by atoms with van der Waals surface area (Å²) >= 11 is 12.6. The van der Waals surface area contributed by atoms with Crippen molar-refractivity contribution in [3.63, 3.8) is 0 Å². The summed E-state index contributed by atoms with van der Waals surface area (Å²) in [5.74, 6) is 0.678. The van der Waals surface area contributed by atoms with E-state index in [9.17, 15) is 18.0 Å². The summed E-state index contributed by atoms with van der Waals surface area (Å²) < 4.78 is 46.7. The third kappa shape index (κ3) is 10.2. The minimum absolute atomic E-state index is 0.0137. The monoisotopic (exact) mass is 646 g/mol. The molecular weight excluding hydrogens is 612 g/mol. The molecular formula is C34H35Cl2F3N2O3. The van der Waals surface area contributed by atoms with Crippen molar-refractivity contribution in [3.8, 4) is 22.4 Å². The van der Waals surface area contributed by atoms with Gasteiger partial charge in [-0.3, -0.25) is 0 Å². The number of hydrogen-bond acceptors (Lipinski definition) is 4. The molecule has 1 aromatic heterocycles. The van der Waals surface area contributed by atoms with Gasteiger partial charge >= 0.3 is 6.18 Å². The van der Waals surface area contributed by atoms with Crippen LogP contribution in [-0.2, 0) is 22.3 Å². The molecule has 4 rings (SSSR count). The first-order chi connectivity index (χ1) is 21.2. The van der Waals surface area contributed by atoms with Crippen molar-refractivity contribution >= 4 is 35.1 Å². The molecule has 0 radical (unpaired) electrons. The standard InChI is InChI=1S/C31H25Cl2F3N2O2.C2H6.CH4O/c1-2-22(6-4-15-40-16-14-39)30-37-29(27-13-12-26(32)18-28(27)33)20-38(30)19-21-8-10-23(11-9-21)24-5-3-7-25(17-24)31(34,35)36;2*1-2/h2-14,17-18,20H,15-16,19H2,1H3;1-2H3;2H,1H3/b6-4-,22-2+;;. The maximum atomic E-state index is 13.2. The van der Waals surface area contributed by atoms with Crippen LogP contribution in [0.2, 0.25) is 10.0 Å². The number of alkyl halides is 3. The first-order valence-corrected chi connectivity index (χ1v) is 14.5. The van der Waals surface area contributed by atoms with Gasteiger partial charge in [0.05, 0.1) is 22.9 Å². The second-order valence-electron chi connectivity index (χ2n) is 8.83. The maximum absolute atomic E-state index is 13.2. The first-order valence-electron chi connectivity index (χ1n) is 13.8. The van der Waals surface area contributed by atoms with Gasteiger partial charge in [-0.15, -0.1) is 0 Å². The van der Waals surface area contributed by atoms with Gasteiger partial charge in [-0.25, -0.2) is 4.98 Å². The van der Waals surface area contributed by atoms with E-state index in [-0.39, 0.29) is 13.2 Å². The predicted octanol–water partition coefficient (Wildman–Crippen LogP) is 9.40. The molecule has 0 fully saturated rings. The lowest BCUT2D eigenvalue weighted by Crippen LogP contribution is -2.04. The van der Waals surface area contributed by atoms with Crippen LogP contribution in [-0.4, -0.2) is 41.3 Å². The number of allylic oxidation sites excluding steroid dienone is 3. The lowest BCUT2D eigenvalue weighted by atomic mass is 10.0. The zero-order valence-corrected chi connectivity index (χ0v) is 26.4. The van der Waals surface area contributed by atoms with Crippen LogP contribution in [0.15, 0.2) is 91.2 Å². The Morgan fingerprint density at radius 1 is 0.977 bits per heavy atom. The number of aliphatic hydroxyl groups is 1. The van der Waals surface area contributed by atoms with Crippen molar-refractivity contribution in [1.29, 1.82) is 0 Å². The summed E-state index contributed by atoms with van der Waals surface area (Å²) in [6, 6.07) is 17.9. The van der Waals surface area contributed by atoms with Crippen molar-refractivity contribution in [3.05, 3.63) is 118 Å². The van der Waals surface area contributed by atoms with Gasteiger partial charge in [0.25, 0.3) is 0 Å². The van der Waals surface area contributed by atoms with Gasteiger partial charge in [-0.2, -0.15) is 13.2 Å². The van der Waals surface area contributed by atoms with Crippen molar-refractivity contribution in [2.45, 2.75) is 33.5 Å². The van der Waals surface area contributed by atoms with Gasteiger partial charge in [0.1, 0.15) is 18.7 Å². The molecule has 0 aliphatic heterocycles. The van der Waals surface area contributed by atoms with E-state index >= 15 is 0 Å². The molecule has 0 unspecified atom stereocenters. The van der Waals surface area contributed by atoms with E-state index in [1.54, 1.807) is 36.4 Å². The van der Waals surface area contributed by atoms with E-state index in [4.69, 9.17) is 38.0 Å². The van der Waals surface area contributed by atoms with E-state index in [2.05, 4.69) is 0 Å². The molecule has 1 N–H and O–H groups in total. The summed E-state index contributed by atoms with van der Waals surface area (Å²) in [6.45, 7) is 6.62. The molecule has 3 aromatic carbocycles. The number of aliphatic hydroxyl groups excluding tert-OH is 1. The number of carbonyl (C=O) groups is 1. The normalized spacial score (nSPS) is 11.5. The highest BCUT2D eigenvalue weighted by Crippen LogP contribution is 2.33. The number of carbonyl (C=O) groups excluding carboxylic acids is 1. The zero-order chi connectivity index (χ0) is 32.7. The minimum atomic E-state index is -4.40. The number of benzene rings is 3. The second kappa shape index (κ2) is 18.2. The molecule has 4 aromatic rings. The van der Waals surface area contributed by atoms with Crippen LogP contribution < -0.4 is 0 Å². The summed E-state index contributed by atoms with van der Waals surface area (Å²) in [5.41, 5.74) is 3.61. The predicted molar refractivity (Wildman–Crippen MR) is 173 cm³/mol. The highest BCUT2D eigenvalue weighted by atomic mass is 35.5. The number of halogens is 5.